The molecule has 0 saturated carbocycles. The highest BCUT2D eigenvalue weighted by atomic mass is 15.2. The van der Waals surface area contributed by atoms with Gasteiger partial charge in [0, 0.05) is 19.5 Å². The van der Waals surface area contributed by atoms with Gasteiger partial charge in [0.15, 0.2) is 0 Å². The summed E-state index contributed by atoms with van der Waals surface area (Å²) in [4.78, 5) is 5.85. The maximum absolute atomic E-state index is 8.27. The van der Waals surface area contributed by atoms with Crippen LogP contribution in [0.15, 0.2) is 4.99 Å². The van der Waals surface area contributed by atoms with Crippen molar-refractivity contribution in [3.63, 3.8) is 0 Å². The molecule has 1 aliphatic heterocycles. The van der Waals surface area contributed by atoms with E-state index in [1.807, 2.05) is 13.1 Å². The van der Waals surface area contributed by atoms with E-state index >= 15 is 0 Å². The van der Waals surface area contributed by atoms with E-state index in [1.54, 1.807) is 0 Å². The van der Waals surface area contributed by atoms with Crippen molar-refractivity contribution in [3.8, 4) is 6.19 Å². The molecule has 0 aromatic carbocycles. The quantitative estimate of drug-likeness (QED) is 0.307. The van der Waals surface area contributed by atoms with E-state index in [0.29, 0.717) is 0 Å². The summed E-state index contributed by atoms with van der Waals surface area (Å²) in [5.41, 5.74) is 0. The average Bonchev–Trinajstić information content (AvgIpc) is 1.83. The van der Waals surface area contributed by atoms with Crippen LogP contribution in [-0.4, -0.2) is 23.8 Å². The smallest absolute Gasteiger partial charge is 0.207 e. The first kappa shape index (κ1) is 7.07. The molecule has 0 spiro atoms. The molecule has 0 unspecified atom stereocenters. The predicted octanol–water partition coefficient (Wildman–Crippen LogP) is 0.982. The first-order chi connectivity index (χ1) is 4.88. The second-order valence-corrected chi connectivity index (χ2v) is 2.32. The summed E-state index contributed by atoms with van der Waals surface area (Å²) in [6.07, 6.45) is 3.92. The van der Waals surface area contributed by atoms with Crippen molar-refractivity contribution in [1.29, 1.82) is 5.26 Å². The average molecular weight is 137 g/mol. The van der Waals surface area contributed by atoms with Crippen molar-refractivity contribution in [2.45, 2.75) is 19.8 Å². The van der Waals surface area contributed by atoms with Crippen LogP contribution >= 0.6 is 0 Å². The van der Waals surface area contributed by atoms with Crippen molar-refractivity contribution in [1.82, 2.24) is 4.90 Å². The van der Waals surface area contributed by atoms with Crippen molar-refractivity contribution in [3.05, 3.63) is 0 Å². The molecule has 0 atom stereocenters. The van der Waals surface area contributed by atoms with Crippen LogP contribution in [0.2, 0.25) is 0 Å². The fraction of sp³-hybridized carbons (Fsp3) is 0.714. The van der Waals surface area contributed by atoms with E-state index < -0.39 is 0 Å². The third-order valence-corrected chi connectivity index (χ3v) is 1.72. The summed E-state index contributed by atoms with van der Waals surface area (Å²) >= 11 is 0. The van der Waals surface area contributed by atoms with Crippen molar-refractivity contribution in [2.24, 2.45) is 4.99 Å². The topological polar surface area (TPSA) is 39.4 Å². The molecule has 3 nitrogen and oxygen atoms in total. The zero-order valence-corrected chi connectivity index (χ0v) is 6.17. The minimum Gasteiger partial charge on any atom is -0.359 e. The Morgan fingerprint density at radius 2 is 2.40 bits per heavy atom. The summed E-state index contributed by atoms with van der Waals surface area (Å²) < 4.78 is 0. The number of hydrogen-bond acceptors (Lipinski definition) is 2. The molecule has 0 bridgehead atoms. The highest BCUT2D eigenvalue weighted by Crippen LogP contribution is 2.08. The van der Waals surface area contributed by atoms with E-state index in [0.717, 1.165) is 25.3 Å². The maximum Gasteiger partial charge on any atom is 0.207 e. The second kappa shape index (κ2) is 3.21. The minimum absolute atomic E-state index is 0.869. The zero-order valence-electron chi connectivity index (χ0n) is 6.17. The summed E-state index contributed by atoms with van der Waals surface area (Å²) in [5.74, 6) is 0.939. The number of rotatable bonds is 1. The number of hydrogen-bond donors (Lipinski definition) is 0. The van der Waals surface area contributed by atoms with Gasteiger partial charge >= 0.3 is 0 Å². The van der Waals surface area contributed by atoms with Crippen LogP contribution in [0.25, 0.3) is 0 Å². The standard InChI is InChI=1S/C7H11N3/c1-2-7(9-6-8)10-4-3-5-10/h2-5H2,1H3. The van der Waals surface area contributed by atoms with Gasteiger partial charge in [-0.2, -0.15) is 10.3 Å². The Balaban J connectivity index is 2.48. The lowest BCUT2D eigenvalue weighted by molar-refractivity contribution is 0.295. The summed E-state index contributed by atoms with van der Waals surface area (Å²) in [6.45, 7) is 4.18. The lowest BCUT2D eigenvalue weighted by Crippen LogP contribution is -2.41. The summed E-state index contributed by atoms with van der Waals surface area (Å²) in [5, 5.41) is 8.27. The first-order valence-corrected chi connectivity index (χ1v) is 3.59. The van der Waals surface area contributed by atoms with Crippen LogP contribution in [0, 0.1) is 11.5 Å². The van der Waals surface area contributed by atoms with Crippen LogP contribution in [0.1, 0.15) is 19.8 Å². The molecular formula is C7H11N3. The fourth-order valence-corrected chi connectivity index (χ4v) is 1.01. The number of aliphatic imine (C=N–C) groups is 1. The SMILES string of the molecule is CCC(=NC#N)N1CCC1. The molecule has 0 aliphatic carbocycles. The largest absolute Gasteiger partial charge is 0.359 e. The summed E-state index contributed by atoms with van der Waals surface area (Å²) in [7, 11) is 0. The van der Waals surface area contributed by atoms with Gasteiger partial charge in [0.25, 0.3) is 0 Å². The van der Waals surface area contributed by atoms with Gasteiger partial charge in [-0.15, -0.1) is 0 Å². The van der Waals surface area contributed by atoms with E-state index in [9.17, 15) is 0 Å². The van der Waals surface area contributed by atoms with Gasteiger partial charge < -0.3 is 4.90 Å². The van der Waals surface area contributed by atoms with Gasteiger partial charge in [0.1, 0.15) is 5.84 Å². The van der Waals surface area contributed by atoms with Crippen molar-refractivity contribution < 1.29 is 0 Å². The Bertz CT molecular complexity index is 174. The molecule has 0 amide bonds. The van der Waals surface area contributed by atoms with Gasteiger partial charge in [-0.25, -0.2) is 0 Å². The molecule has 0 N–H and O–H groups in total. The zero-order chi connectivity index (χ0) is 7.40. The van der Waals surface area contributed by atoms with Crippen LogP contribution in [0.4, 0.5) is 0 Å². The number of amidine groups is 1. The molecule has 1 heterocycles. The van der Waals surface area contributed by atoms with E-state index in [1.165, 1.54) is 6.42 Å². The third kappa shape index (κ3) is 1.27. The minimum atomic E-state index is 0.869. The molecule has 54 valence electrons. The first-order valence-electron chi connectivity index (χ1n) is 3.59. The molecule has 0 aromatic rings. The van der Waals surface area contributed by atoms with Crippen LogP contribution in [0.3, 0.4) is 0 Å². The van der Waals surface area contributed by atoms with E-state index in [-0.39, 0.29) is 0 Å². The monoisotopic (exact) mass is 137 g/mol. The molecule has 1 fully saturated rings. The van der Waals surface area contributed by atoms with Gasteiger partial charge in [-0.3, -0.25) is 0 Å². The highest BCUT2D eigenvalue weighted by Gasteiger charge is 2.16. The Labute approximate surface area is 61.0 Å². The van der Waals surface area contributed by atoms with Gasteiger partial charge in [0.2, 0.25) is 6.19 Å². The second-order valence-electron chi connectivity index (χ2n) is 2.32. The highest BCUT2D eigenvalue weighted by molar-refractivity contribution is 5.83. The predicted molar refractivity (Wildman–Crippen MR) is 39.5 cm³/mol. The third-order valence-electron chi connectivity index (χ3n) is 1.72. The Hall–Kier alpha value is -1.04. The maximum atomic E-state index is 8.27. The number of likely N-dealkylation sites (tertiary alicyclic amines) is 1. The molecule has 1 aliphatic rings. The van der Waals surface area contributed by atoms with Crippen molar-refractivity contribution in [2.75, 3.05) is 13.1 Å². The van der Waals surface area contributed by atoms with Gasteiger partial charge in [0.05, 0.1) is 0 Å². The van der Waals surface area contributed by atoms with Gasteiger partial charge in [-0.1, -0.05) is 6.92 Å². The van der Waals surface area contributed by atoms with Crippen LogP contribution < -0.4 is 0 Å². The van der Waals surface area contributed by atoms with E-state index in [2.05, 4.69) is 9.89 Å². The Kier molecular flexibility index (Phi) is 2.27. The molecule has 3 heteroatoms. The number of nitrogens with zero attached hydrogens (tertiary/aromatic N) is 3. The lowest BCUT2D eigenvalue weighted by atomic mass is 10.2. The van der Waals surface area contributed by atoms with E-state index in [4.69, 9.17) is 5.26 Å². The van der Waals surface area contributed by atoms with Crippen LogP contribution in [-0.2, 0) is 0 Å². The van der Waals surface area contributed by atoms with Crippen molar-refractivity contribution >= 4 is 5.84 Å². The lowest BCUT2D eigenvalue weighted by Gasteiger charge is -2.32. The molecule has 0 radical (unpaired) electrons. The number of nitriles is 1. The normalized spacial score (nSPS) is 18.0. The van der Waals surface area contributed by atoms with Crippen LogP contribution in [0.5, 0.6) is 0 Å². The molecule has 1 rings (SSSR count). The summed E-state index contributed by atoms with van der Waals surface area (Å²) in [6, 6.07) is 0. The fourth-order valence-electron chi connectivity index (χ4n) is 1.01. The Morgan fingerprint density at radius 1 is 1.70 bits per heavy atom. The molecule has 10 heavy (non-hydrogen) atoms. The molecule has 1 saturated heterocycles. The molecule has 0 aromatic heterocycles. The van der Waals surface area contributed by atoms with Gasteiger partial charge in [-0.05, 0) is 6.42 Å². The Morgan fingerprint density at radius 3 is 2.70 bits per heavy atom. The molecular weight excluding hydrogens is 126 g/mol.